The molecule has 1 fully saturated rings. The van der Waals surface area contributed by atoms with E-state index >= 15 is 0 Å². The molecule has 1 saturated carbocycles. The molecule has 5 nitrogen and oxygen atoms in total. The van der Waals surface area contributed by atoms with Crippen molar-refractivity contribution < 1.29 is 9.66 Å². The van der Waals surface area contributed by atoms with E-state index in [0.29, 0.717) is 5.75 Å². The van der Waals surface area contributed by atoms with E-state index in [4.69, 9.17) is 10.5 Å². The second-order valence-electron chi connectivity index (χ2n) is 5.12. The normalized spacial score (nSPS) is 18.2. The standard InChI is InChI=1S/C13H18N2O3/c1-9(14)13(3-4-13)8-10-5-11(15(16)17)7-12(6-10)18-2/h5-7,9H,3-4,8,14H2,1-2H3. The van der Waals surface area contributed by atoms with Crippen LogP contribution in [0.1, 0.15) is 25.3 Å². The fourth-order valence-corrected chi connectivity index (χ4v) is 2.33. The van der Waals surface area contributed by atoms with Crippen molar-refractivity contribution in [2.75, 3.05) is 7.11 Å². The zero-order valence-corrected chi connectivity index (χ0v) is 10.7. The molecule has 0 radical (unpaired) electrons. The summed E-state index contributed by atoms with van der Waals surface area (Å²) < 4.78 is 5.11. The summed E-state index contributed by atoms with van der Waals surface area (Å²) in [5.74, 6) is 0.527. The van der Waals surface area contributed by atoms with Gasteiger partial charge in [-0.3, -0.25) is 10.1 Å². The molecule has 98 valence electrons. The Morgan fingerprint density at radius 3 is 2.61 bits per heavy atom. The van der Waals surface area contributed by atoms with E-state index in [9.17, 15) is 10.1 Å². The van der Waals surface area contributed by atoms with Crippen LogP contribution in [0.15, 0.2) is 18.2 Å². The lowest BCUT2D eigenvalue weighted by molar-refractivity contribution is -0.385. The minimum absolute atomic E-state index is 0.0739. The van der Waals surface area contributed by atoms with Crippen molar-refractivity contribution >= 4 is 5.69 Å². The number of rotatable bonds is 5. The maximum atomic E-state index is 10.9. The van der Waals surface area contributed by atoms with Gasteiger partial charge < -0.3 is 10.5 Å². The molecular weight excluding hydrogens is 232 g/mol. The Labute approximate surface area is 106 Å². The van der Waals surface area contributed by atoms with Crippen LogP contribution in [0.2, 0.25) is 0 Å². The molecule has 0 heterocycles. The third kappa shape index (κ3) is 2.46. The molecule has 2 rings (SSSR count). The number of nitro benzene ring substituents is 1. The second kappa shape index (κ2) is 4.57. The molecule has 1 atom stereocenters. The van der Waals surface area contributed by atoms with E-state index in [2.05, 4.69) is 0 Å². The predicted molar refractivity (Wildman–Crippen MR) is 68.7 cm³/mol. The van der Waals surface area contributed by atoms with Crippen LogP contribution >= 0.6 is 0 Å². The molecule has 5 heteroatoms. The Kier molecular flexibility index (Phi) is 3.26. The molecule has 2 N–H and O–H groups in total. The van der Waals surface area contributed by atoms with Crippen LogP contribution in [0.4, 0.5) is 5.69 Å². The van der Waals surface area contributed by atoms with E-state index in [0.717, 1.165) is 24.8 Å². The van der Waals surface area contributed by atoms with Gasteiger partial charge in [-0.15, -0.1) is 0 Å². The zero-order valence-electron chi connectivity index (χ0n) is 10.7. The number of nitrogens with zero attached hydrogens (tertiary/aromatic N) is 1. The van der Waals surface area contributed by atoms with Crippen LogP contribution < -0.4 is 10.5 Å². The molecule has 0 spiro atoms. The van der Waals surface area contributed by atoms with E-state index in [1.807, 2.05) is 13.0 Å². The summed E-state index contributed by atoms with van der Waals surface area (Å²) in [5, 5.41) is 10.9. The highest BCUT2D eigenvalue weighted by Crippen LogP contribution is 2.50. The molecule has 1 unspecified atom stereocenters. The molecule has 0 bridgehead atoms. The van der Waals surface area contributed by atoms with Gasteiger partial charge in [0.15, 0.2) is 0 Å². The predicted octanol–water partition coefficient (Wildman–Crippen LogP) is 2.27. The Balaban J connectivity index is 2.27. The molecular formula is C13H18N2O3. The fourth-order valence-electron chi connectivity index (χ4n) is 2.33. The van der Waals surface area contributed by atoms with Crippen molar-refractivity contribution in [1.29, 1.82) is 0 Å². The Morgan fingerprint density at radius 2 is 2.17 bits per heavy atom. The maximum absolute atomic E-state index is 10.9. The van der Waals surface area contributed by atoms with E-state index < -0.39 is 4.92 Å². The van der Waals surface area contributed by atoms with Gasteiger partial charge in [0.05, 0.1) is 18.1 Å². The van der Waals surface area contributed by atoms with Crippen LogP contribution in [-0.2, 0) is 6.42 Å². The Bertz CT molecular complexity index is 467. The van der Waals surface area contributed by atoms with Gasteiger partial charge in [0.25, 0.3) is 5.69 Å². The second-order valence-corrected chi connectivity index (χ2v) is 5.12. The Hall–Kier alpha value is -1.62. The zero-order chi connectivity index (χ0) is 13.3. The molecule has 1 aromatic carbocycles. The van der Waals surface area contributed by atoms with Crippen molar-refractivity contribution in [2.24, 2.45) is 11.1 Å². The lowest BCUT2D eigenvalue weighted by Gasteiger charge is -2.19. The molecule has 1 aliphatic carbocycles. The van der Waals surface area contributed by atoms with Gasteiger partial charge in [0.2, 0.25) is 0 Å². The van der Waals surface area contributed by atoms with E-state index in [-0.39, 0.29) is 17.1 Å². The molecule has 0 amide bonds. The van der Waals surface area contributed by atoms with Crippen molar-refractivity contribution in [1.82, 2.24) is 0 Å². The minimum Gasteiger partial charge on any atom is -0.496 e. The van der Waals surface area contributed by atoms with Crippen molar-refractivity contribution in [3.8, 4) is 5.75 Å². The summed E-state index contributed by atoms with van der Waals surface area (Å²) in [5.41, 5.74) is 7.11. The summed E-state index contributed by atoms with van der Waals surface area (Å²) in [6.07, 6.45) is 2.97. The monoisotopic (exact) mass is 250 g/mol. The number of non-ortho nitro benzene ring substituents is 1. The third-order valence-corrected chi connectivity index (χ3v) is 3.81. The quantitative estimate of drug-likeness (QED) is 0.642. The van der Waals surface area contributed by atoms with Crippen LogP contribution in [-0.4, -0.2) is 18.1 Å². The van der Waals surface area contributed by atoms with Crippen LogP contribution in [0.25, 0.3) is 0 Å². The van der Waals surface area contributed by atoms with Crippen molar-refractivity contribution in [3.05, 3.63) is 33.9 Å². The SMILES string of the molecule is COc1cc(CC2(C(C)N)CC2)cc([N+](=O)[O-])c1. The van der Waals surface area contributed by atoms with Gasteiger partial charge >= 0.3 is 0 Å². The topological polar surface area (TPSA) is 78.4 Å². The van der Waals surface area contributed by atoms with Gasteiger partial charge in [0.1, 0.15) is 5.75 Å². The van der Waals surface area contributed by atoms with Gasteiger partial charge in [-0.25, -0.2) is 0 Å². The minimum atomic E-state index is -0.391. The third-order valence-electron chi connectivity index (χ3n) is 3.81. The molecule has 0 aromatic heterocycles. The average Bonchev–Trinajstić information content (AvgIpc) is 3.09. The first-order valence-corrected chi connectivity index (χ1v) is 6.05. The van der Waals surface area contributed by atoms with Crippen LogP contribution in [0.3, 0.4) is 0 Å². The van der Waals surface area contributed by atoms with Crippen LogP contribution in [0.5, 0.6) is 5.75 Å². The van der Waals surface area contributed by atoms with Gasteiger partial charge in [-0.2, -0.15) is 0 Å². The van der Waals surface area contributed by atoms with Crippen LogP contribution in [0, 0.1) is 15.5 Å². The first-order valence-electron chi connectivity index (χ1n) is 6.05. The molecule has 1 aliphatic rings. The lowest BCUT2D eigenvalue weighted by atomic mass is 9.90. The maximum Gasteiger partial charge on any atom is 0.273 e. The summed E-state index contributed by atoms with van der Waals surface area (Å²) in [7, 11) is 1.52. The lowest BCUT2D eigenvalue weighted by Crippen LogP contribution is -2.29. The molecule has 0 aliphatic heterocycles. The first kappa shape index (κ1) is 12.8. The highest BCUT2D eigenvalue weighted by atomic mass is 16.6. The van der Waals surface area contributed by atoms with Gasteiger partial charge in [-0.1, -0.05) is 0 Å². The largest absolute Gasteiger partial charge is 0.496 e. The number of ether oxygens (including phenoxy) is 1. The van der Waals surface area contributed by atoms with E-state index in [1.165, 1.54) is 13.2 Å². The Morgan fingerprint density at radius 1 is 1.50 bits per heavy atom. The fraction of sp³-hybridized carbons (Fsp3) is 0.538. The number of nitro groups is 1. The highest BCUT2D eigenvalue weighted by Gasteiger charge is 2.45. The number of nitrogens with two attached hydrogens (primary N) is 1. The molecule has 18 heavy (non-hydrogen) atoms. The number of hydrogen-bond acceptors (Lipinski definition) is 4. The highest BCUT2D eigenvalue weighted by molar-refractivity contribution is 5.43. The summed E-state index contributed by atoms with van der Waals surface area (Å²) in [6.45, 7) is 2.00. The molecule has 0 saturated heterocycles. The van der Waals surface area contributed by atoms with E-state index in [1.54, 1.807) is 6.07 Å². The number of methoxy groups -OCH3 is 1. The van der Waals surface area contributed by atoms with Crippen molar-refractivity contribution in [2.45, 2.75) is 32.2 Å². The van der Waals surface area contributed by atoms with Gasteiger partial charge in [-0.05, 0) is 43.2 Å². The summed E-state index contributed by atoms with van der Waals surface area (Å²) >= 11 is 0. The number of benzene rings is 1. The summed E-state index contributed by atoms with van der Waals surface area (Å²) in [6, 6.07) is 5.03. The summed E-state index contributed by atoms with van der Waals surface area (Å²) in [4.78, 5) is 10.5. The number of hydrogen-bond donors (Lipinski definition) is 1. The van der Waals surface area contributed by atoms with Crippen molar-refractivity contribution in [3.63, 3.8) is 0 Å². The molecule has 1 aromatic rings. The first-order chi connectivity index (χ1) is 8.47. The smallest absolute Gasteiger partial charge is 0.273 e. The average molecular weight is 250 g/mol. The van der Waals surface area contributed by atoms with Gasteiger partial charge in [0, 0.05) is 12.1 Å².